The Labute approximate surface area is 204 Å². The summed E-state index contributed by atoms with van der Waals surface area (Å²) in [6.45, 7) is 4.27. The Balaban J connectivity index is 1.80. The predicted molar refractivity (Wildman–Crippen MR) is 125 cm³/mol. The topological polar surface area (TPSA) is 113 Å². The van der Waals surface area contributed by atoms with Crippen LogP contribution < -0.4 is 15.2 Å². The number of pyridine rings is 1. The van der Waals surface area contributed by atoms with Crippen molar-refractivity contribution in [3.63, 3.8) is 0 Å². The molecular weight excluding hydrogens is 484 g/mol. The summed E-state index contributed by atoms with van der Waals surface area (Å²) in [7, 11) is 2.43. The van der Waals surface area contributed by atoms with Gasteiger partial charge in [-0.15, -0.1) is 0 Å². The van der Waals surface area contributed by atoms with E-state index in [0.717, 1.165) is 6.07 Å². The highest BCUT2D eigenvalue weighted by Gasteiger charge is 2.32. The number of halogens is 3. The smallest absolute Gasteiger partial charge is 0.246 e. The fourth-order valence-corrected chi connectivity index (χ4v) is 4.45. The van der Waals surface area contributed by atoms with Crippen LogP contribution in [0.5, 0.6) is 11.5 Å². The highest BCUT2D eigenvalue weighted by atomic mass is 35.5. The number of methoxy groups -OCH3 is 2. The Morgan fingerprint density at radius 3 is 2.54 bits per heavy atom. The van der Waals surface area contributed by atoms with Crippen molar-refractivity contribution in [2.24, 2.45) is 0 Å². The van der Waals surface area contributed by atoms with Crippen molar-refractivity contribution in [2.75, 3.05) is 33.0 Å². The molecule has 0 spiro atoms. The normalized spacial score (nSPS) is 15.5. The van der Waals surface area contributed by atoms with Gasteiger partial charge in [-0.05, 0) is 12.5 Å². The number of Topliss-reactive ketones (excluding diaryl/α,β-unsaturated/α-hetero) is 1. The van der Waals surface area contributed by atoms with Crippen LogP contribution in [-0.4, -0.2) is 58.7 Å². The van der Waals surface area contributed by atoms with E-state index in [1.807, 2.05) is 0 Å². The number of carbonyl (C=O) groups is 2. The van der Waals surface area contributed by atoms with E-state index in [9.17, 15) is 18.4 Å². The third kappa shape index (κ3) is 4.16. The van der Waals surface area contributed by atoms with Crippen molar-refractivity contribution in [2.45, 2.75) is 18.9 Å². The first-order chi connectivity index (χ1) is 16.7. The maximum absolute atomic E-state index is 14.9. The molecule has 0 saturated carbocycles. The maximum atomic E-state index is 14.9. The van der Waals surface area contributed by atoms with E-state index in [4.69, 9.17) is 26.8 Å². The largest absolute Gasteiger partial charge is 0.494 e. The van der Waals surface area contributed by atoms with Crippen molar-refractivity contribution >= 4 is 40.0 Å². The summed E-state index contributed by atoms with van der Waals surface area (Å²) in [5.74, 6) is -3.56. The molecule has 0 unspecified atom stereocenters. The van der Waals surface area contributed by atoms with E-state index < -0.39 is 29.4 Å². The summed E-state index contributed by atoms with van der Waals surface area (Å²) >= 11 is 6.41. The molecule has 1 aliphatic rings. The third-order valence-corrected chi connectivity index (χ3v) is 6.25. The fourth-order valence-electron chi connectivity index (χ4n) is 4.22. The number of anilines is 1. The molecule has 1 amide bonds. The van der Waals surface area contributed by atoms with Crippen molar-refractivity contribution in [3.8, 4) is 11.5 Å². The Hall–Kier alpha value is -3.73. The van der Waals surface area contributed by atoms with Crippen LogP contribution in [0.2, 0.25) is 5.02 Å². The van der Waals surface area contributed by atoms with Crippen LogP contribution >= 0.6 is 11.6 Å². The second kappa shape index (κ2) is 9.49. The van der Waals surface area contributed by atoms with Crippen LogP contribution in [0, 0.1) is 11.6 Å². The van der Waals surface area contributed by atoms with E-state index in [0.29, 0.717) is 25.0 Å². The minimum Gasteiger partial charge on any atom is -0.494 e. The number of rotatable bonds is 7. The Kier molecular flexibility index (Phi) is 6.62. The molecular formula is C23H22ClF2N5O4. The lowest BCUT2D eigenvalue weighted by molar-refractivity contribution is -0.125. The van der Waals surface area contributed by atoms with Gasteiger partial charge in [-0.2, -0.15) is 5.10 Å². The van der Waals surface area contributed by atoms with Crippen molar-refractivity contribution in [3.05, 3.63) is 52.8 Å². The zero-order valence-corrected chi connectivity index (χ0v) is 19.7. The number of ketones is 1. The lowest BCUT2D eigenvalue weighted by Gasteiger charge is -2.15. The number of hydrogen-bond acceptors (Lipinski definition) is 7. The average Bonchev–Trinajstić information content (AvgIpc) is 3.50. The van der Waals surface area contributed by atoms with Gasteiger partial charge in [-0.25, -0.2) is 13.8 Å². The van der Waals surface area contributed by atoms with E-state index >= 15 is 0 Å². The summed E-state index contributed by atoms with van der Waals surface area (Å²) in [6, 6.07) is 0.744. The van der Waals surface area contributed by atoms with Crippen molar-refractivity contribution in [1.82, 2.24) is 19.7 Å². The first kappa shape index (κ1) is 24.4. The van der Waals surface area contributed by atoms with Crippen LogP contribution in [0.1, 0.15) is 28.5 Å². The number of fused-ring (bicyclic) bond motifs is 1. The van der Waals surface area contributed by atoms with Gasteiger partial charge in [-0.3, -0.25) is 14.3 Å². The quantitative estimate of drug-likeness (QED) is 0.387. The maximum Gasteiger partial charge on any atom is 0.246 e. The number of nitrogen functional groups attached to an aromatic ring is 1. The van der Waals surface area contributed by atoms with Crippen LogP contribution in [-0.2, 0) is 11.2 Å². The van der Waals surface area contributed by atoms with Crippen LogP contribution in [0.15, 0.2) is 24.9 Å². The number of nitrogens with two attached hydrogens (primary N) is 1. The molecule has 1 fully saturated rings. The molecule has 1 aromatic carbocycles. The zero-order chi connectivity index (χ0) is 25.4. The number of carbonyl (C=O) groups excluding carboxylic acids is 2. The second-order valence-electron chi connectivity index (χ2n) is 7.93. The van der Waals surface area contributed by atoms with Crippen LogP contribution in [0.25, 0.3) is 10.9 Å². The molecule has 1 aliphatic heterocycles. The molecule has 1 saturated heterocycles. The molecule has 9 nitrogen and oxygen atoms in total. The molecule has 3 heterocycles. The van der Waals surface area contributed by atoms with Gasteiger partial charge in [-0.1, -0.05) is 18.2 Å². The molecule has 0 bridgehead atoms. The number of ether oxygens (including phenoxy) is 2. The lowest BCUT2D eigenvalue weighted by Crippen LogP contribution is -2.27. The highest BCUT2D eigenvalue weighted by Crippen LogP contribution is 2.36. The molecule has 12 heteroatoms. The molecule has 0 radical (unpaired) electrons. The van der Waals surface area contributed by atoms with Gasteiger partial charge in [0.1, 0.15) is 11.5 Å². The lowest BCUT2D eigenvalue weighted by atomic mass is 10.0. The Morgan fingerprint density at radius 1 is 1.29 bits per heavy atom. The van der Waals surface area contributed by atoms with Crippen molar-refractivity contribution < 1.29 is 27.8 Å². The van der Waals surface area contributed by atoms with E-state index in [1.165, 1.54) is 31.2 Å². The molecule has 3 aromatic rings. The summed E-state index contributed by atoms with van der Waals surface area (Å²) in [5.41, 5.74) is 5.75. The van der Waals surface area contributed by atoms with Gasteiger partial charge < -0.3 is 20.1 Å². The molecule has 0 aliphatic carbocycles. The van der Waals surface area contributed by atoms with Gasteiger partial charge in [0.2, 0.25) is 5.91 Å². The SMILES string of the molecule is C=CC(=O)N1CC[C@H](n2nc(C(=O)Cc3c(F)c(OC)cc(OC)c3F)c3c(N)ncc(Cl)c32)C1. The van der Waals surface area contributed by atoms with Gasteiger partial charge in [0.05, 0.1) is 42.4 Å². The molecule has 4 rings (SSSR count). The molecule has 2 N–H and O–H groups in total. The summed E-state index contributed by atoms with van der Waals surface area (Å²) < 4.78 is 41.2. The number of hydrogen-bond donors (Lipinski definition) is 1. The van der Waals surface area contributed by atoms with Gasteiger partial charge in [0, 0.05) is 31.1 Å². The standard InChI is InChI=1S/C23H22ClF2N5O4/c1-4-17(33)30-6-5-11(10-30)31-22-13(24)9-28-23(27)18(22)21(29-31)14(32)7-12-19(25)15(34-2)8-16(35-3)20(12)26/h4,8-9,11H,1,5-7,10H2,2-3H3,(H2,27,28)/t11-/m0/s1. The highest BCUT2D eigenvalue weighted by molar-refractivity contribution is 6.36. The number of amides is 1. The molecule has 1 atom stereocenters. The number of likely N-dealkylation sites (tertiary alicyclic amines) is 1. The van der Waals surface area contributed by atoms with Gasteiger partial charge >= 0.3 is 0 Å². The zero-order valence-electron chi connectivity index (χ0n) is 19.0. The second-order valence-corrected chi connectivity index (χ2v) is 8.33. The Morgan fingerprint density at radius 2 is 1.94 bits per heavy atom. The molecule has 184 valence electrons. The van der Waals surface area contributed by atoms with Crippen LogP contribution in [0.3, 0.4) is 0 Å². The predicted octanol–water partition coefficient (Wildman–Crippen LogP) is 3.35. The van der Waals surface area contributed by atoms with Crippen LogP contribution in [0.4, 0.5) is 14.6 Å². The monoisotopic (exact) mass is 505 g/mol. The molecule has 35 heavy (non-hydrogen) atoms. The van der Waals surface area contributed by atoms with E-state index in [1.54, 1.807) is 4.90 Å². The van der Waals surface area contributed by atoms with Crippen molar-refractivity contribution in [1.29, 1.82) is 0 Å². The van der Waals surface area contributed by atoms with E-state index in [-0.39, 0.29) is 45.4 Å². The van der Waals surface area contributed by atoms with Gasteiger partial charge in [0.25, 0.3) is 0 Å². The molecule has 2 aromatic heterocycles. The first-order valence-corrected chi connectivity index (χ1v) is 10.9. The average molecular weight is 506 g/mol. The summed E-state index contributed by atoms with van der Waals surface area (Å²) in [4.78, 5) is 31.0. The summed E-state index contributed by atoms with van der Waals surface area (Å²) in [6.07, 6.45) is 2.41. The van der Waals surface area contributed by atoms with Gasteiger partial charge in [0.15, 0.2) is 28.9 Å². The number of benzene rings is 1. The van der Waals surface area contributed by atoms with E-state index in [2.05, 4.69) is 16.7 Å². The number of aromatic nitrogens is 3. The number of nitrogens with zero attached hydrogens (tertiary/aromatic N) is 4. The third-order valence-electron chi connectivity index (χ3n) is 5.97. The first-order valence-electron chi connectivity index (χ1n) is 10.6. The minimum atomic E-state index is -1.03. The Bertz CT molecular complexity index is 1330. The minimum absolute atomic E-state index is 0.0137. The summed E-state index contributed by atoms with van der Waals surface area (Å²) in [5, 5.41) is 4.81. The fraction of sp³-hybridized carbons (Fsp3) is 0.304.